The Labute approximate surface area is 133 Å². The molecule has 0 saturated heterocycles. The van der Waals surface area contributed by atoms with Crippen molar-refractivity contribution in [3.8, 4) is 11.5 Å². The second-order valence-corrected chi connectivity index (χ2v) is 5.06. The summed E-state index contributed by atoms with van der Waals surface area (Å²) in [5, 5.41) is 10.8. The van der Waals surface area contributed by atoms with Crippen LogP contribution in [-0.2, 0) is 6.42 Å². The maximum absolute atomic E-state index is 12.1. The molecule has 0 bridgehead atoms. The number of aryl methyl sites for hydroxylation is 1. The van der Waals surface area contributed by atoms with E-state index in [1.54, 1.807) is 18.5 Å². The van der Waals surface area contributed by atoms with Crippen LogP contribution >= 0.6 is 0 Å². The number of nitrogens with one attached hydrogen (secondary N) is 1. The Morgan fingerprint density at radius 1 is 1.17 bits per heavy atom. The van der Waals surface area contributed by atoms with Gasteiger partial charge in [-0.3, -0.25) is 9.78 Å². The lowest BCUT2D eigenvalue weighted by Crippen LogP contribution is -2.26. The minimum absolute atomic E-state index is 0.102. The van der Waals surface area contributed by atoms with Crippen LogP contribution < -0.4 is 5.32 Å². The number of hydrogen-bond donors (Lipinski definition) is 1. The molecule has 0 atom stereocenters. The molecule has 6 heteroatoms. The van der Waals surface area contributed by atoms with Gasteiger partial charge in [-0.05, 0) is 30.7 Å². The summed E-state index contributed by atoms with van der Waals surface area (Å²) in [4.78, 5) is 16.1. The molecule has 2 heterocycles. The molecule has 3 rings (SSSR count). The van der Waals surface area contributed by atoms with Gasteiger partial charge in [0.1, 0.15) is 0 Å². The first kappa shape index (κ1) is 14.9. The van der Waals surface area contributed by atoms with Gasteiger partial charge in [0.05, 0.1) is 5.56 Å². The van der Waals surface area contributed by atoms with E-state index in [0.29, 0.717) is 30.3 Å². The van der Waals surface area contributed by atoms with Gasteiger partial charge in [-0.1, -0.05) is 18.2 Å². The molecule has 0 radical (unpaired) electrons. The van der Waals surface area contributed by atoms with Crippen LogP contribution in [0.2, 0.25) is 0 Å². The largest absolute Gasteiger partial charge is 0.421 e. The highest BCUT2D eigenvalue weighted by molar-refractivity contribution is 5.95. The molecule has 0 spiro atoms. The average Bonchev–Trinajstić information content (AvgIpc) is 3.05. The smallest absolute Gasteiger partial charge is 0.251 e. The summed E-state index contributed by atoms with van der Waals surface area (Å²) in [7, 11) is 0. The lowest BCUT2D eigenvalue weighted by atomic mass is 10.1. The van der Waals surface area contributed by atoms with Crippen molar-refractivity contribution < 1.29 is 9.21 Å². The molecule has 23 heavy (non-hydrogen) atoms. The number of carbonyl (C=O) groups excluding carboxylic acids is 1. The number of carbonyl (C=O) groups is 1. The van der Waals surface area contributed by atoms with E-state index >= 15 is 0 Å². The molecule has 3 aromatic rings. The van der Waals surface area contributed by atoms with Gasteiger partial charge in [0.15, 0.2) is 0 Å². The Hall–Kier alpha value is -3.02. The molecule has 0 unspecified atom stereocenters. The summed E-state index contributed by atoms with van der Waals surface area (Å²) in [5.41, 5.74) is 2.39. The summed E-state index contributed by atoms with van der Waals surface area (Å²) in [5.74, 6) is 0.808. The van der Waals surface area contributed by atoms with E-state index in [1.165, 1.54) is 0 Å². The van der Waals surface area contributed by atoms with Crippen molar-refractivity contribution in [2.75, 3.05) is 6.54 Å². The second kappa shape index (κ2) is 6.83. The van der Waals surface area contributed by atoms with Gasteiger partial charge < -0.3 is 9.73 Å². The summed E-state index contributed by atoms with van der Waals surface area (Å²) < 4.78 is 5.57. The first-order valence-corrected chi connectivity index (χ1v) is 7.30. The van der Waals surface area contributed by atoms with Crippen molar-refractivity contribution in [1.29, 1.82) is 0 Å². The van der Waals surface area contributed by atoms with Crippen LogP contribution in [0.5, 0.6) is 0 Å². The lowest BCUT2D eigenvalue weighted by molar-refractivity contribution is 0.0953. The van der Waals surface area contributed by atoms with Crippen LogP contribution in [0.15, 0.2) is 53.2 Å². The van der Waals surface area contributed by atoms with Crippen LogP contribution in [0.25, 0.3) is 11.5 Å². The van der Waals surface area contributed by atoms with E-state index in [0.717, 1.165) is 11.1 Å². The highest BCUT2D eigenvalue weighted by Crippen LogP contribution is 2.15. The summed E-state index contributed by atoms with van der Waals surface area (Å²) in [6, 6.07) is 11.1. The fourth-order valence-corrected chi connectivity index (χ4v) is 2.17. The highest BCUT2D eigenvalue weighted by atomic mass is 16.4. The van der Waals surface area contributed by atoms with E-state index in [1.807, 2.05) is 37.3 Å². The minimum atomic E-state index is -0.102. The third kappa shape index (κ3) is 3.60. The van der Waals surface area contributed by atoms with Crippen molar-refractivity contribution >= 4 is 5.91 Å². The number of hydrogen-bond acceptors (Lipinski definition) is 5. The first-order chi connectivity index (χ1) is 11.2. The Morgan fingerprint density at radius 2 is 2.04 bits per heavy atom. The predicted molar refractivity (Wildman–Crippen MR) is 84.7 cm³/mol. The van der Waals surface area contributed by atoms with Crippen LogP contribution in [0.4, 0.5) is 0 Å². The summed E-state index contributed by atoms with van der Waals surface area (Å²) in [6.07, 6.45) is 3.82. The second-order valence-electron chi connectivity index (χ2n) is 5.06. The molecule has 0 aliphatic rings. The average molecular weight is 308 g/mol. The van der Waals surface area contributed by atoms with Crippen LogP contribution in [0, 0.1) is 6.92 Å². The minimum Gasteiger partial charge on any atom is -0.421 e. The van der Waals surface area contributed by atoms with Gasteiger partial charge in [-0.15, -0.1) is 10.2 Å². The molecular formula is C17H16N4O2. The van der Waals surface area contributed by atoms with Gasteiger partial charge in [-0.2, -0.15) is 0 Å². The van der Waals surface area contributed by atoms with Crippen molar-refractivity contribution in [2.45, 2.75) is 13.3 Å². The van der Waals surface area contributed by atoms with Crippen LogP contribution in [0.3, 0.4) is 0 Å². The highest BCUT2D eigenvalue weighted by Gasteiger charge is 2.10. The van der Waals surface area contributed by atoms with Gasteiger partial charge in [0.25, 0.3) is 5.91 Å². The zero-order chi connectivity index (χ0) is 16.1. The Balaban J connectivity index is 1.56. The van der Waals surface area contributed by atoms with Gasteiger partial charge >= 0.3 is 0 Å². The van der Waals surface area contributed by atoms with Crippen molar-refractivity contribution in [3.63, 3.8) is 0 Å². The Morgan fingerprint density at radius 3 is 2.83 bits per heavy atom. The number of rotatable bonds is 5. The standard InChI is InChI=1S/C17H16N4O2/c1-12-5-2-3-7-14(12)16(22)19-10-8-15-20-21-17(23-15)13-6-4-9-18-11-13/h2-7,9,11H,8,10H2,1H3,(H,19,22). The SMILES string of the molecule is Cc1ccccc1C(=O)NCCc1nnc(-c2cccnc2)o1. The summed E-state index contributed by atoms with van der Waals surface area (Å²) in [6.45, 7) is 2.34. The monoisotopic (exact) mass is 308 g/mol. The molecule has 2 aromatic heterocycles. The normalized spacial score (nSPS) is 10.5. The molecule has 1 amide bonds. The Kier molecular flexibility index (Phi) is 4.42. The Bertz CT molecular complexity index is 799. The molecule has 1 aromatic carbocycles. The van der Waals surface area contributed by atoms with E-state index in [2.05, 4.69) is 20.5 Å². The van der Waals surface area contributed by atoms with Crippen LogP contribution in [0.1, 0.15) is 21.8 Å². The number of amides is 1. The predicted octanol–water partition coefficient (Wildman–Crippen LogP) is 2.41. The third-order valence-corrected chi connectivity index (χ3v) is 3.39. The molecular weight excluding hydrogens is 292 g/mol. The van der Waals surface area contributed by atoms with Crippen LogP contribution in [-0.4, -0.2) is 27.6 Å². The molecule has 0 saturated carbocycles. The van der Waals surface area contributed by atoms with E-state index < -0.39 is 0 Å². The number of pyridine rings is 1. The van der Waals surface area contributed by atoms with E-state index in [4.69, 9.17) is 4.42 Å². The van der Waals surface area contributed by atoms with Crippen molar-refractivity contribution in [2.24, 2.45) is 0 Å². The molecule has 116 valence electrons. The molecule has 0 aliphatic carbocycles. The van der Waals surface area contributed by atoms with Crippen molar-refractivity contribution in [1.82, 2.24) is 20.5 Å². The molecule has 1 N–H and O–H groups in total. The third-order valence-electron chi connectivity index (χ3n) is 3.39. The number of benzene rings is 1. The quantitative estimate of drug-likeness (QED) is 0.783. The van der Waals surface area contributed by atoms with E-state index in [9.17, 15) is 4.79 Å². The fraction of sp³-hybridized carbons (Fsp3) is 0.176. The fourth-order valence-electron chi connectivity index (χ4n) is 2.17. The van der Waals surface area contributed by atoms with Gasteiger partial charge in [0, 0.05) is 30.9 Å². The van der Waals surface area contributed by atoms with Crippen molar-refractivity contribution in [3.05, 3.63) is 65.8 Å². The van der Waals surface area contributed by atoms with E-state index in [-0.39, 0.29) is 5.91 Å². The zero-order valence-corrected chi connectivity index (χ0v) is 12.7. The maximum Gasteiger partial charge on any atom is 0.251 e. The molecule has 6 nitrogen and oxygen atoms in total. The van der Waals surface area contributed by atoms with Gasteiger partial charge in [0.2, 0.25) is 11.8 Å². The molecule has 0 fully saturated rings. The zero-order valence-electron chi connectivity index (χ0n) is 12.7. The maximum atomic E-state index is 12.1. The lowest BCUT2D eigenvalue weighted by Gasteiger charge is -2.06. The number of nitrogens with zero attached hydrogens (tertiary/aromatic N) is 3. The topological polar surface area (TPSA) is 80.9 Å². The van der Waals surface area contributed by atoms with Gasteiger partial charge in [-0.25, -0.2) is 0 Å². The molecule has 0 aliphatic heterocycles. The first-order valence-electron chi connectivity index (χ1n) is 7.30. The number of aromatic nitrogens is 3. The summed E-state index contributed by atoms with van der Waals surface area (Å²) >= 11 is 0.